The molecule has 4 aromatic rings. The SMILES string of the molecule is Cc1cc(C)c(CC(=O)N(Cc2ccco2)c2nc3c(C)ccc(C)c3s2)c(C)c1. The Kier molecular flexibility index (Phi) is 5.48. The van der Waals surface area contributed by atoms with Crippen molar-refractivity contribution in [1.82, 2.24) is 4.98 Å². The summed E-state index contributed by atoms with van der Waals surface area (Å²) in [6.07, 6.45) is 1.98. The Morgan fingerprint density at radius 1 is 1.00 bits per heavy atom. The van der Waals surface area contributed by atoms with E-state index in [0.29, 0.717) is 18.1 Å². The normalized spacial score (nSPS) is 11.2. The highest BCUT2D eigenvalue weighted by molar-refractivity contribution is 7.22. The first-order valence-corrected chi connectivity index (χ1v) is 10.9. The molecule has 1 amide bonds. The standard InChI is InChI=1S/C25H26N2O2S/c1-15-11-18(4)21(19(5)12-15)13-22(28)27(14-20-7-6-10-29-20)25-26-23-16(2)8-9-17(3)24(23)30-25/h6-12H,13-14H2,1-5H3. The van der Waals surface area contributed by atoms with Crippen LogP contribution in [0, 0.1) is 34.6 Å². The largest absolute Gasteiger partial charge is 0.467 e. The van der Waals surface area contributed by atoms with Crippen LogP contribution in [0.25, 0.3) is 10.2 Å². The molecule has 0 aliphatic rings. The van der Waals surface area contributed by atoms with Crippen molar-refractivity contribution < 1.29 is 9.21 Å². The zero-order valence-electron chi connectivity index (χ0n) is 18.1. The lowest BCUT2D eigenvalue weighted by atomic mass is 9.97. The van der Waals surface area contributed by atoms with Gasteiger partial charge in [-0.3, -0.25) is 9.69 Å². The number of thiazole rings is 1. The van der Waals surface area contributed by atoms with E-state index in [-0.39, 0.29) is 5.91 Å². The highest BCUT2D eigenvalue weighted by Gasteiger charge is 2.23. The smallest absolute Gasteiger partial charge is 0.233 e. The Bertz CT molecular complexity index is 1160. The molecule has 2 aromatic carbocycles. The minimum absolute atomic E-state index is 0.0239. The number of hydrogen-bond donors (Lipinski definition) is 0. The number of aromatic nitrogens is 1. The summed E-state index contributed by atoms with van der Waals surface area (Å²) in [7, 11) is 0. The van der Waals surface area contributed by atoms with Gasteiger partial charge in [0.1, 0.15) is 5.76 Å². The number of amides is 1. The highest BCUT2D eigenvalue weighted by Crippen LogP contribution is 2.34. The summed E-state index contributed by atoms with van der Waals surface area (Å²) in [6.45, 7) is 10.7. The molecule has 0 unspecified atom stereocenters. The van der Waals surface area contributed by atoms with Gasteiger partial charge in [0.15, 0.2) is 5.13 Å². The van der Waals surface area contributed by atoms with Crippen LogP contribution in [-0.4, -0.2) is 10.9 Å². The molecule has 4 nitrogen and oxygen atoms in total. The van der Waals surface area contributed by atoms with Crippen molar-refractivity contribution in [3.8, 4) is 0 Å². The first kappa shape index (κ1) is 20.4. The fraction of sp³-hybridized carbons (Fsp3) is 0.280. The van der Waals surface area contributed by atoms with Crippen molar-refractivity contribution in [2.45, 2.75) is 47.6 Å². The summed E-state index contributed by atoms with van der Waals surface area (Å²) in [5.74, 6) is 0.768. The van der Waals surface area contributed by atoms with Crippen molar-refractivity contribution in [1.29, 1.82) is 0 Å². The first-order chi connectivity index (χ1) is 14.3. The molecule has 154 valence electrons. The summed E-state index contributed by atoms with van der Waals surface area (Å²) in [5, 5.41) is 0.714. The van der Waals surface area contributed by atoms with E-state index in [1.165, 1.54) is 11.1 Å². The molecule has 0 fully saturated rings. The van der Waals surface area contributed by atoms with Crippen LogP contribution < -0.4 is 4.90 Å². The molecule has 4 rings (SSSR count). The molecule has 0 aliphatic heterocycles. The number of anilines is 1. The number of furan rings is 1. The molecule has 5 heteroatoms. The third kappa shape index (κ3) is 3.90. The predicted molar refractivity (Wildman–Crippen MR) is 123 cm³/mol. The number of carbonyl (C=O) groups is 1. The Hall–Kier alpha value is -2.92. The lowest BCUT2D eigenvalue weighted by Crippen LogP contribution is -2.32. The summed E-state index contributed by atoms with van der Waals surface area (Å²) in [5.41, 5.74) is 7.86. The van der Waals surface area contributed by atoms with E-state index in [9.17, 15) is 4.79 Å². The Balaban J connectivity index is 1.74. The third-order valence-electron chi connectivity index (χ3n) is 5.53. The average Bonchev–Trinajstić information content (AvgIpc) is 3.35. The fourth-order valence-corrected chi connectivity index (χ4v) is 5.05. The molecule has 0 N–H and O–H groups in total. The first-order valence-electron chi connectivity index (χ1n) is 10.1. The van der Waals surface area contributed by atoms with Crippen molar-refractivity contribution in [3.63, 3.8) is 0 Å². The maximum Gasteiger partial charge on any atom is 0.233 e. The second kappa shape index (κ2) is 8.07. The predicted octanol–water partition coefficient (Wildman–Crippen LogP) is 6.21. The Labute approximate surface area is 181 Å². The van der Waals surface area contributed by atoms with E-state index in [0.717, 1.165) is 38.2 Å². The molecule has 0 bridgehead atoms. The number of fused-ring (bicyclic) bond motifs is 1. The molecule has 0 spiro atoms. The zero-order chi connectivity index (χ0) is 21.4. The molecular weight excluding hydrogens is 392 g/mol. The van der Waals surface area contributed by atoms with Gasteiger partial charge >= 0.3 is 0 Å². The van der Waals surface area contributed by atoms with Gasteiger partial charge < -0.3 is 4.42 Å². The van der Waals surface area contributed by atoms with Gasteiger partial charge in [-0.15, -0.1) is 0 Å². The second-order valence-electron chi connectivity index (χ2n) is 7.99. The maximum absolute atomic E-state index is 13.5. The van der Waals surface area contributed by atoms with Crippen molar-refractivity contribution >= 4 is 32.6 Å². The molecule has 0 saturated heterocycles. The van der Waals surface area contributed by atoms with Gasteiger partial charge in [0, 0.05) is 0 Å². The molecule has 0 radical (unpaired) electrons. The van der Waals surface area contributed by atoms with Gasteiger partial charge in [-0.2, -0.15) is 0 Å². The summed E-state index contributed by atoms with van der Waals surface area (Å²) >= 11 is 1.57. The lowest BCUT2D eigenvalue weighted by Gasteiger charge is -2.20. The molecule has 0 aliphatic carbocycles. The third-order valence-corrected chi connectivity index (χ3v) is 6.74. The molecule has 2 aromatic heterocycles. The van der Waals surface area contributed by atoms with Gasteiger partial charge in [-0.25, -0.2) is 4.98 Å². The van der Waals surface area contributed by atoms with E-state index in [1.54, 1.807) is 22.5 Å². The average molecular weight is 419 g/mol. The highest BCUT2D eigenvalue weighted by atomic mass is 32.1. The number of aryl methyl sites for hydroxylation is 5. The van der Waals surface area contributed by atoms with Crippen LogP contribution in [-0.2, 0) is 17.8 Å². The number of benzene rings is 2. The summed E-state index contributed by atoms with van der Waals surface area (Å²) in [6, 6.07) is 12.2. The number of nitrogens with zero attached hydrogens (tertiary/aromatic N) is 2. The topological polar surface area (TPSA) is 46.3 Å². The summed E-state index contributed by atoms with van der Waals surface area (Å²) < 4.78 is 6.68. The van der Waals surface area contributed by atoms with E-state index >= 15 is 0 Å². The minimum Gasteiger partial charge on any atom is -0.467 e. The number of carbonyl (C=O) groups excluding carboxylic acids is 1. The second-order valence-corrected chi connectivity index (χ2v) is 8.96. The van der Waals surface area contributed by atoms with Crippen LogP contribution >= 0.6 is 11.3 Å². The zero-order valence-corrected chi connectivity index (χ0v) is 18.9. The number of hydrogen-bond acceptors (Lipinski definition) is 4. The van der Waals surface area contributed by atoms with Crippen molar-refractivity contribution in [3.05, 3.63) is 81.8 Å². The molecule has 30 heavy (non-hydrogen) atoms. The quantitative estimate of drug-likeness (QED) is 0.387. The van der Waals surface area contributed by atoms with Gasteiger partial charge in [0.25, 0.3) is 0 Å². The van der Waals surface area contributed by atoms with E-state index < -0.39 is 0 Å². The van der Waals surface area contributed by atoms with Crippen LogP contribution in [0.2, 0.25) is 0 Å². The van der Waals surface area contributed by atoms with E-state index in [1.807, 2.05) is 12.1 Å². The molecular formula is C25H26N2O2S. The summed E-state index contributed by atoms with van der Waals surface area (Å²) in [4.78, 5) is 20.1. The Morgan fingerprint density at radius 3 is 2.33 bits per heavy atom. The minimum atomic E-state index is 0.0239. The molecule has 0 saturated carbocycles. The van der Waals surface area contributed by atoms with Crippen molar-refractivity contribution in [2.75, 3.05) is 4.90 Å². The fourth-order valence-electron chi connectivity index (χ4n) is 3.92. The van der Waals surface area contributed by atoms with Gasteiger partial charge in [-0.1, -0.05) is 41.2 Å². The molecule has 0 atom stereocenters. The monoisotopic (exact) mass is 418 g/mol. The Morgan fingerprint density at radius 2 is 1.70 bits per heavy atom. The van der Waals surface area contributed by atoms with E-state index in [4.69, 9.17) is 9.40 Å². The maximum atomic E-state index is 13.5. The lowest BCUT2D eigenvalue weighted by molar-refractivity contribution is -0.118. The van der Waals surface area contributed by atoms with Crippen molar-refractivity contribution in [2.24, 2.45) is 0 Å². The number of rotatable bonds is 5. The van der Waals surface area contributed by atoms with Crippen LogP contribution in [0.3, 0.4) is 0 Å². The van der Waals surface area contributed by atoms with Crippen LogP contribution in [0.15, 0.2) is 47.1 Å². The molecule has 2 heterocycles. The van der Waals surface area contributed by atoms with Gasteiger partial charge in [-0.05, 0) is 74.6 Å². The van der Waals surface area contributed by atoms with Crippen LogP contribution in [0.4, 0.5) is 5.13 Å². The van der Waals surface area contributed by atoms with Gasteiger partial charge in [0.05, 0.1) is 29.4 Å². The van der Waals surface area contributed by atoms with E-state index in [2.05, 4.69) is 58.9 Å². The van der Waals surface area contributed by atoms with Gasteiger partial charge in [0.2, 0.25) is 5.91 Å². The van der Waals surface area contributed by atoms with Crippen LogP contribution in [0.1, 0.15) is 39.1 Å². The van der Waals surface area contributed by atoms with Crippen LogP contribution in [0.5, 0.6) is 0 Å².